The maximum absolute atomic E-state index is 13.1. The number of aromatic nitrogens is 1. The molecule has 1 saturated heterocycles. The first kappa shape index (κ1) is 16.7. The molecule has 1 fully saturated rings. The largest absolute Gasteiger partial charge is 0.467 e. The maximum atomic E-state index is 13.1. The molecule has 0 aromatic carbocycles. The van der Waals surface area contributed by atoms with Crippen LogP contribution < -0.4 is 0 Å². The molecule has 0 radical (unpaired) electrons. The number of rotatable bonds is 5. The Kier molecular flexibility index (Phi) is 5.00. The first-order chi connectivity index (χ1) is 11.5. The molecule has 128 valence electrons. The van der Waals surface area contributed by atoms with Crippen molar-refractivity contribution in [3.63, 3.8) is 0 Å². The predicted octanol–water partition coefficient (Wildman–Crippen LogP) is 3.41. The predicted molar refractivity (Wildman–Crippen MR) is 90.0 cm³/mol. The summed E-state index contributed by atoms with van der Waals surface area (Å²) >= 11 is 0. The van der Waals surface area contributed by atoms with E-state index in [0.717, 1.165) is 24.2 Å². The topological polar surface area (TPSA) is 55.6 Å². The van der Waals surface area contributed by atoms with E-state index in [1.165, 1.54) is 0 Å². The number of carbonyl (C=O) groups is 1. The summed E-state index contributed by atoms with van der Waals surface area (Å²) < 4.78 is 11.2. The molecule has 3 heterocycles. The second-order valence-electron chi connectivity index (χ2n) is 6.93. The summed E-state index contributed by atoms with van der Waals surface area (Å²) in [6.07, 6.45) is 6.69. The molecule has 0 saturated carbocycles. The van der Waals surface area contributed by atoms with Gasteiger partial charge in [-0.25, -0.2) is 0 Å². The summed E-state index contributed by atoms with van der Waals surface area (Å²) in [6.45, 7) is 5.73. The van der Waals surface area contributed by atoms with Gasteiger partial charge in [0, 0.05) is 31.5 Å². The fourth-order valence-corrected chi connectivity index (χ4v) is 3.22. The molecule has 0 spiro atoms. The highest BCUT2D eigenvalue weighted by atomic mass is 16.5. The first-order valence-electron chi connectivity index (χ1n) is 8.37. The smallest absolute Gasteiger partial charge is 0.226 e. The first-order valence-corrected chi connectivity index (χ1v) is 8.37. The molecule has 24 heavy (non-hydrogen) atoms. The van der Waals surface area contributed by atoms with E-state index < -0.39 is 0 Å². The maximum Gasteiger partial charge on any atom is 0.226 e. The molecule has 2 aromatic heterocycles. The molecular formula is C19H24N2O3. The lowest BCUT2D eigenvalue weighted by Gasteiger charge is -2.37. The zero-order valence-corrected chi connectivity index (χ0v) is 14.3. The number of carbonyl (C=O) groups excluding carboxylic acids is 1. The van der Waals surface area contributed by atoms with Crippen molar-refractivity contribution in [2.75, 3.05) is 6.61 Å². The number of amides is 1. The van der Waals surface area contributed by atoms with Gasteiger partial charge in [-0.3, -0.25) is 9.78 Å². The van der Waals surface area contributed by atoms with Crippen molar-refractivity contribution in [1.29, 1.82) is 0 Å². The van der Waals surface area contributed by atoms with E-state index in [2.05, 4.69) is 4.98 Å². The number of ether oxygens (including phenoxy) is 1. The van der Waals surface area contributed by atoms with Crippen LogP contribution in [-0.4, -0.2) is 28.0 Å². The number of pyridine rings is 1. The molecule has 1 atom stereocenters. The average molecular weight is 328 g/mol. The summed E-state index contributed by atoms with van der Waals surface area (Å²) in [7, 11) is 0. The van der Waals surface area contributed by atoms with E-state index in [1.54, 1.807) is 18.7 Å². The van der Waals surface area contributed by atoms with E-state index in [-0.39, 0.29) is 17.4 Å². The standard InChI is InChI=1S/C19H24N2O3/c1-19(2)11-16(7-10-24-19)18(22)21(14-17-6-4-9-23-17)13-15-5-3-8-20-12-15/h3-6,8-9,12,16H,7,10-11,13-14H2,1-2H3. The average Bonchev–Trinajstić information content (AvgIpc) is 3.07. The van der Waals surface area contributed by atoms with E-state index >= 15 is 0 Å². The second kappa shape index (κ2) is 7.18. The fourth-order valence-electron chi connectivity index (χ4n) is 3.22. The Bertz CT molecular complexity index is 653. The third kappa shape index (κ3) is 4.23. The Morgan fingerprint density at radius 3 is 2.88 bits per heavy atom. The monoisotopic (exact) mass is 328 g/mol. The zero-order valence-electron chi connectivity index (χ0n) is 14.3. The van der Waals surface area contributed by atoms with Crippen LogP contribution in [0.1, 0.15) is 38.0 Å². The molecule has 0 aliphatic carbocycles. The van der Waals surface area contributed by atoms with Gasteiger partial charge in [0.1, 0.15) is 5.76 Å². The van der Waals surface area contributed by atoms with Crippen molar-refractivity contribution in [3.05, 3.63) is 54.2 Å². The van der Waals surface area contributed by atoms with Gasteiger partial charge in [-0.15, -0.1) is 0 Å². The molecule has 1 aliphatic rings. The number of hydrogen-bond donors (Lipinski definition) is 0. The Balaban J connectivity index is 1.76. The van der Waals surface area contributed by atoms with Crippen molar-refractivity contribution in [2.45, 2.75) is 45.4 Å². The summed E-state index contributed by atoms with van der Waals surface area (Å²) in [5, 5.41) is 0. The minimum atomic E-state index is -0.247. The van der Waals surface area contributed by atoms with Crippen LogP contribution in [0.2, 0.25) is 0 Å². The van der Waals surface area contributed by atoms with E-state index in [9.17, 15) is 4.79 Å². The molecular weight excluding hydrogens is 304 g/mol. The van der Waals surface area contributed by atoms with Crippen LogP contribution in [0.25, 0.3) is 0 Å². The van der Waals surface area contributed by atoms with Crippen molar-refractivity contribution >= 4 is 5.91 Å². The summed E-state index contributed by atoms with van der Waals surface area (Å²) in [6, 6.07) is 7.63. The summed E-state index contributed by atoms with van der Waals surface area (Å²) in [5.41, 5.74) is 0.771. The van der Waals surface area contributed by atoms with Gasteiger partial charge in [0.15, 0.2) is 0 Å². The Morgan fingerprint density at radius 2 is 2.21 bits per heavy atom. The molecule has 1 amide bonds. The van der Waals surface area contributed by atoms with Gasteiger partial charge < -0.3 is 14.1 Å². The minimum Gasteiger partial charge on any atom is -0.467 e. The third-order valence-electron chi connectivity index (χ3n) is 4.38. The van der Waals surface area contributed by atoms with Gasteiger partial charge in [-0.1, -0.05) is 6.07 Å². The van der Waals surface area contributed by atoms with Crippen molar-refractivity contribution in [2.24, 2.45) is 5.92 Å². The molecule has 5 nitrogen and oxygen atoms in total. The van der Waals surface area contributed by atoms with Crippen LogP contribution in [-0.2, 0) is 22.6 Å². The number of hydrogen-bond acceptors (Lipinski definition) is 4. The molecule has 3 rings (SSSR count). The highest BCUT2D eigenvalue weighted by Crippen LogP contribution is 2.30. The lowest BCUT2D eigenvalue weighted by molar-refractivity contribution is -0.147. The van der Waals surface area contributed by atoms with E-state index in [1.807, 2.05) is 43.0 Å². The molecule has 0 N–H and O–H groups in total. The minimum absolute atomic E-state index is 0.0135. The summed E-state index contributed by atoms with van der Waals surface area (Å²) in [5.74, 6) is 0.936. The van der Waals surface area contributed by atoms with Crippen LogP contribution in [0.15, 0.2) is 47.3 Å². The number of furan rings is 1. The lowest BCUT2D eigenvalue weighted by Crippen LogP contribution is -2.43. The molecule has 1 unspecified atom stereocenters. The normalized spacial score (nSPS) is 19.8. The Labute approximate surface area is 142 Å². The lowest BCUT2D eigenvalue weighted by atomic mass is 9.87. The third-order valence-corrected chi connectivity index (χ3v) is 4.38. The van der Waals surface area contributed by atoms with Crippen LogP contribution in [0, 0.1) is 5.92 Å². The highest BCUT2D eigenvalue weighted by molar-refractivity contribution is 5.79. The Hall–Kier alpha value is -2.14. The molecule has 0 bridgehead atoms. The van der Waals surface area contributed by atoms with Crippen molar-refractivity contribution in [3.8, 4) is 0 Å². The molecule has 1 aliphatic heterocycles. The van der Waals surface area contributed by atoms with E-state index in [0.29, 0.717) is 19.7 Å². The number of nitrogens with zero attached hydrogens (tertiary/aromatic N) is 2. The highest BCUT2D eigenvalue weighted by Gasteiger charge is 2.35. The fraction of sp³-hybridized carbons (Fsp3) is 0.474. The van der Waals surface area contributed by atoms with Gasteiger partial charge >= 0.3 is 0 Å². The Morgan fingerprint density at radius 1 is 1.33 bits per heavy atom. The SMILES string of the molecule is CC1(C)CC(C(=O)N(Cc2cccnc2)Cc2ccco2)CCO1. The molecule has 2 aromatic rings. The van der Waals surface area contributed by atoms with Crippen LogP contribution in [0.3, 0.4) is 0 Å². The molecule has 5 heteroatoms. The van der Waals surface area contributed by atoms with Gasteiger partial charge in [-0.2, -0.15) is 0 Å². The quantitative estimate of drug-likeness (QED) is 0.844. The van der Waals surface area contributed by atoms with Crippen molar-refractivity contribution in [1.82, 2.24) is 9.88 Å². The van der Waals surface area contributed by atoms with Crippen molar-refractivity contribution < 1.29 is 13.9 Å². The summed E-state index contributed by atoms with van der Waals surface area (Å²) in [4.78, 5) is 19.1. The van der Waals surface area contributed by atoms with Gasteiger partial charge in [0.25, 0.3) is 0 Å². The zero-order chi connectivity index (χ0) is 17.0. The van der Waals surface area contributed by atoms with Crippen LogP contribution in [0.5, 0.6) is 0 Å². The van der Waals surface area contributed by atoms with Gasteiger partial charge in [-0.05, 0) is 50.5 Å². The second-order valence-corrected chi connectivity index (χ2v) is 6.93. The van der Waals surface area contributed by atoms with Crippen LogP contribution >= 0.6 is 0 Å². The van der Waals surface area contributed by atoms with Gasteiger partial charge in [0.05, 0.1) is 18.4 Å². The van der Waals surface area contributed by atoms with E-state index in [4.69, 9.17) is 9.15 Å². The van der Waals surface area contributed by atoms with Gasteiger partial charge in [0.2, 0.25) is 5.91 Å². The van der Waals surface area contributed by atoms with Crippen LogP contribution in [0.4, 0.5) is 0 Å².